The van der Waals surface area contributed by atoms with Crippen molar-refractivity contribution in [1.82, 2.24) is 20.4 Å². The Morgan fingerprint density at radius 3 is 2.96 bits per heavy atom. The van der Waals surface area contributed by atoms with Crippen molar-refractivity contribution in [2.45, 2.75) is 26.3 Å². The van der Waals surface area contributed by atoms with Crippen LogP contribution in [-0.4, -0.2) is 34.8 Å². The molecule has 1 aromatic carbocycles. The van der Waals surface area contributed by atoms with E-state index in [1.807, 2.05) is 31.2 Å². The molecule has 2 unspecified atom stereocenters. The molecule has 1 aliphatic heterocycles. The van der Waals surface area contributed by atoms with Gasteiger partial charge in [0.15, 0.2) is 0 Å². The lowest BCUT2D eigenvalue weighted by Gasteiger charge is -2.30. The smallest absolute Gasteiger partial charge is 0.255 e. The van der Waals surface area contributed by atoms with Crippen LogP contribution < -0.4 is 10.6 Å². The molecular weight excluding hydrogens is 347 g/mol. The highest BCUT2D eigenvalue weighted by molar-refractivity contribution is 6.30. The molecule has 2 aromatic rings. The molecule has 24 heavy (non-hydrogen) atoms. The Bertz CT molecular complexity index is 716. The number of halogens is 2. The number of hydrogen-bond donors (Lipinski definition) is 2. The van der Waals surface area contributed by atoms with Crippen molar-refractivity contribution >= 4 is 29.9 Å². The van der Waals surface area contributed by atoms with Gasteiger partial charge < -0.3 is 10.6 Å². The van der Waals surface area contributed by atoms with Gasteiger partial charge in [0.05, 0.1) is 23.1 Å². The largest absolute Gasteiger partial charge is 0.348 e. The lowest BCUT2D eigenvalue weighted by Crippen LogP contribution is -2.50. The minimum absolute atomic E-state index is 0. The van der Waals surface area contributed by atoms with E-state index in [1.54, 1.807) is 10.9 Å². The second-order valence-electron chi connectivity index (χ2n) is 6.09. The lowest BCUT2D eigenvalue weighted by molar-refractivity contribution is 0.0914. The van der Waals surface area contributed by atoms with Gasteiger partial charge in [0.1, 0.15) is 0 Å². The molecule has 0 spiro atoms. The maximum Gasteiger partial charge on any atom is 0.255 e. The summed E-state index contributed by atoms with van der Waals surface area (Å²) in [6.45, 7) is 5.90. The number of nitrogens with zero attached hydrogens (tertiary/aromatic N) is 2. The Morgan fingerprint density at radius 1 is 1.46 bits per heavy atom. The molecule has 2 N–H and O–H groups in total. The second kappa shape index (κ2) is 8.01. The number of benzene rings is 1. The molecule has 0 bridgehead atoms. The van der Waals surface area contributed by atoms with E-state index in [0.717, 1.165) is 30.9 Å². The number of carbonyl (C=O) groups is 1. The topological polar surface area (TPSA) is 59.0 Å². The van der Waals surface area contributed by atoms with Crippen LogP contribution in [0, 0.1) is 12.8 Å². The Hall–Kier alpha value is -1.56. The van der Waals surface area contributed by atoms with Crippen molar-refractivity contribution in [2.24, 2.45) is 5.92 Å². The van der Waals surface area contributed by atoms with Crippen LogP contribution in [0.5, 0.6) is 0 Å². The van der Waals surface area contributed by atoms with E-state index in [4.69, 9.17) is 11.6 Å². The van der Waals surface area contributed by atoms with Gasteiger partial charge in [-0.05, 0) is 44.0 Å². The monoisotopic (exact) mass is 368 g/mol. The second-order valence-corrected chi connectivity index (χ2v) is 6.52. The summed E-state index contributed by atoms with van der Waals surface area (Å²) in [6.07, 6.45) is 2.69. The van der Waals surface area contributed by atoms with E-state index in [-0.39, 0.29) is 24.4 Å². The fourth-order valence-electron chi connectivity index (χ4n) is 2.93. The predicted molar refractivity (Wildman–Crippen MR) is 98.5 cm³/mol. The maximum absolute atomic E-state index is 12.6. The van der Waals surface area contributed by atoms with E-state index in [2.05, 4.69) is 22.7 Å². The number of piperidine rings is 1. The first kappa shape index (κ1) is 18.8. The van der Waals surface area contributed by atoms with Crippen molar-refractivity contribution in [2.75, 3.05) is 13.1 Å². The highest BCUT2D eigenvalue weighted by Crippen LogP contribution is 2.18. The summed E-state index contributed by atoms with van der Waals surface area (Å²) in [5.74, 6) is 0.403. The average molecular weight is 369 g/mol. The van der Waals surface area contributed by atoms with Crippen LogP contribution in [0.4, 0.5) is 0 Å². The number of aromatic nitrogens is 2. The van der Waals surface area contributed by atoms with Gasteiger partial charge in [-0.15, -0.1) is 12.4 Å². The maximum atomic E-state index is 12.6. The van der Waals surface area contributed by atoms with E-state index in [9.17, 15) is 4.79 Å². The SMILES string of the molecule is Cc1c(C(=O)NC2CNCCC2C)cnn1-c1cccc(Cl)c1.Cl. The first-order valence-corrected chi connectivity index (χ1v) is 8.26. The van der Waals surface area contributed by atoms with Gasteiger partial charge in [0, 0.05) is 17.6 Å². The molecule has 1 aromatic heterocycles. The summed E-state index contributed by atoms with van der Waals surface area (Å²) >= 11 is 6.03. The first-order chi connectivity index (χ1) is 11.1. The van der Waals surface area contributed by atoms with Gasteiger partial charge in [0.2, 0.25) is 0 Å². The van der Waals surface area contributed by atoms with Crippen LogP contribution >= 0.6 is 24.0 Å². The Kier molecular flexibility index (Phi) is 6.27. The minimum Gasteiger partial charge on any atom is -0.348 e. The van der Waals surface area contributed by atoms with Crippen LogP contribution in [0.25, 0.3) is 5.69 Å². The standard InChI is InChI=1S/C17H21ClN4O.ClH/c1-11-6-7-19-10-16(11)21-17(23)15-9-20-22(12(15)2)14-5-3-4-13(18)8-14;/h3-5,8-9,11,16,19H,6-7,10H2,1-2H3,(H,21,23);1H. The van der Waals surface area contributed by atoms with Crippen molar-refractivity contribution in [3.63, 3.8) is 0 Å². The highest BCUT2D eigenvalue weighted by Gasteiger charge is 2.24. The van der Waals surface area contributed by atoms with Gasteiger partial charge in [-0.3, -0.25) is 4.79 Å². The third kappa shape index (κ3) is 3.91. The summed E-state index contributed by atoms with van der Waals surface area (Å²) in [7, 11) is 0. The molecule has 1 fully saturated rings. The third-order valence-corrected chi connectivity index (χ3v) is 4.69. The quantitative estimate of drug-likeness (QED) is 0.875. The van der Waals surface area contributed by atoms with Crippen LogP contribution in [0.1, 0.15) is 29.4 Å². The zero-order valence-electron chi connectivity index (χ0n) is 13.8. The predicted octanol–water partition coefficient (Wildman–Crippen LogP) is 2.98. The van der Waals surface area contributed by atoms with Crippen molar-refractivity contribution in [3.05, 3.63) is 46.7 Å². The van der Waals surface area contributed by atoms with Crippen LogP contribution in [0.2, 0.25) is 5.02 Å². The number of nitrogens with one attached hydrogen (secondary N) is 2. The molecule has 3 rings (SSSR count). The van der Waals surface area contributed by atoms with Gasteiger partial charge in [-0.25, -0.2) is 4.68 Å². The van der Waals surface area contributed by atoms with Gasteiger partial charge in [0.25, 0.3) is 5.91 Å². The average Bonchev–Trinajstić information content (AvgIpc) is 2.91. The van der Waals surface area contributed by atoms with Crippen LogP contribution in [0.3, 0.4) is 0 Å². The van der Waals surface area contributed by atoms with E-state index < -0.39 is 0 Å². The summed E-state index contributed by atoms with van der Waals surface area (Å²) in [4.78, 5) is 12.6. The highest BCUT2D eigenvalue weighted by atomic mass is 35.5. The molecule has 5 nitrogen and oxygen atoms in total. The fraction of sp³-hybridized carbons (Fsp3) is 0.412. The molecule has 2 atom stereocenters. The van der Waals surface area contributed by atoms with Crippen LogP contribution in [0.15, 0.2) is 30.5 Å². The zero-order chi connectivity index (χ0) is 16.4. The number of carbonyl (C=O) groups excluding carboxylic acids is 1. The molecule has 0 radical (unpaired) electrons. The summed E-state index contributed by atoms with van der Waals surface area (Å²) < 4.78 is 1.74. The lowest BCUT2D eigenvalue weighted by atomic mass is 9.94. The molecule has 130 valence electrons. The summed E-state index contributed by atoms with van der Waals surface area (Å²) in [5, 5.41) is 11.4. The van der Waals surface area contributed by atoms with Gasteiger partial charge in [-0.1, -0.05) is 24.6 Å². The summed E-state index contributed by atoms with van der Waals surface area (Å²) in [6, 6.07) is 7.59. The van der Waals surface area contributed by atoms with Crippen LogP contribution in [-0.2, 0) is 0 Å². The number of hydrogen-bond acceptors (Lipinski definition) is 3. The first-order valence-electron chi connectivity index (χ1n) is 7.88. The van der Waals surface area contributed by atoms with E-state index in [1.165, 1.54) is 0 Å². The molecule has 0 saturated carbocycles. The molecule has 1 amide bonds. The Labute approximate surface area is 153 Å². The molecule has 1 aliphatic rings. The fourth-order valence-corrected chi connectivity index (χ4v) is 3.11. The molecule has 7 heteroatoms. The molecule has 1 saturated heterocycles. The van der Waals surface area contributed by atoms with Gasteiger partial charge in [-0.2, -0.15) is 5.10 Å². The number of amides is 1. The third-order valence-electron chi connectivity index (χ3n) is 4.45. The number of rotatable bonds is 3. The Balaban J connectivity index is 0.00000208. The normalized spacial score (nSPS) is 20.3. The van der Waals surface area contributed by atoms with E-state index >= 15 is 0 Å². The van der Waals surface area contributed by atoms with Gasteiger partial charge >= 0.3 is 0 Å². The Morgan fingerprint density at radius 2 is 2.25 bits per heavy atom. The van der Waals surface area contributed by atoms with Crippen molar-refractivity contribution < 1.29 is 4.79 Å². The van der Waals surface area contributed by atoms with E-state index in [0.29, 0.717) is 16.5 Å². The molecular formula is C17H22Cl2N4O. The van der Waals surface area contributed by atoms with Crippen molar-refractivity contribution in [1.29, 1.82) is 0 Å². The molecule has 2 heterocycles. The molecule has 0 aliphatic carbocycles. The minimum atomic E-state index is -0.0728. The van der Waals surface area contributed by atoms with Crippen molar-refractivity contribution in [3.8, 4) is 5.69 Å². The zero-order valence-corrected chi connectivity index (χ0v) is 15.3. The summed E-state index contributed by atoms with van der Waals surface area (Å²) in [5.41, 5.74) is 2.26.